The number of ether oxygens (including phenoxy) is 1. The van der Waals surface area contributed by atoms with E-state index in [0.29, 0.717) is 5.56 Å². The molecule has 4 atom stereocenters. The highest BCUT2D eigenvalue weighted by Gasteiger charge is 2.50. The summed E-state index contributed by atoms with van der Waals surface area (Å²) < 4.78 is 5.13. The molecule has 0 radical (unpaired) electrons. The van der Waals surface area contributed by atoms with Crippen LogP contribution in [-0.2, 0) is 14.3 Å². The third-order valence-corrected chi connectivity index (χ3v) is 4.87. The number of aromatic hydroxyl groups is 2. The number of carbonyl (C=O) groups is 2. The lowest BCUT2D eigenvalue weighted by atomic mass is 9.79. The van der Waals surface area contributed by atoms with Crippen LogP contribution in [0.25, 0.3) is 6.08 Å². The Morgan fingerprint density at radius 2 is 1.86 bits per heavy atom. The second-order valence-corrected chi connectivity index (χ2v) is 7.30. The van der Waals surface area contributed by atoms with E-state index in [0.717, 1.165) is 18.9 Å². The van der Waals surface area contributed by atoms with Gasteiger partial charge in [-0.3, -0.25) is 4.79 Å². The highest BCUT2D eigenvalue weighted by atomic mass is 16.6. The molecule has 1 amide bonds. The van der Waals surface area contributed by atoms with E-state index in [1.54, 1.807) is 0 Å². The summed E-state index contributed by atoms with van der Waals surface area (Å²) in [6, 6.07) is 3.95. The Hall–Kier alpha value is -2.62. The van der Waals surface area contributed by atoms with Crippen LogP contribution in [0.15, 0.2) is 24.3 Å². The summed E-state index contributed by atoms with van der Waals surface area (Å²) in [5.74, 6) is -2.18. The number of amides is 1. The van der Waals surface area contributed by atoms with E-state index in [-0.39, 0.29) is 30.4 Å². The lowest BCUT2D eigenvalue weighted by Gasteiger charge is -2.40. The van der Waals surface area contributed by atoms with E-state index in [2.05, 4.69) is 5.32 Å². The minimum Gasteiger partial charge on any atom is -0.504 e. The Balaban J connectivity index is 1.64. The molecule has 2 aliphatic carbocycles. The van der Waals surface area contributed by atoms with Crippen molar-refractivity contribution >= 4 is 18.0 Å². The summed E-state index contributed by atoms with van der Waals surface area (Å²) >= 11 is 0. The number of nitrogens with one attached hydrogen (secondary N) is 1. The molecule has 6 N–H and O–H groups in total. The second kappa shape index (κ2) is 7.78. The van der Waals surface area contributed by atoms with Crippen LogP contribution in [0.4, 0.5) is 0 Å². The van der Waals surface area contributed by atoms with Gasteiger partial charge in [0.05, 0.1) is 6.10 Å². The van der Waals surface area contributed by atoms with E-state index in [1.807, 2.05) is 0 Å². The van der Waals surface area contributed by atoms with Crippen molar-refractivity contribution in [2.45, 2.75) is 55.6 Å². The number of phenolic OH excluding ortho intramolecular Hbond substituents is 2. The SMILES string of the molecule is O=C(C=Cc1ccc(O)c(O)c1)O[C@@H]1C[C@@](O)(C(=O)NC2CC2)C[C@@H](O)[C@@H]1O. The molecule has 2 aliphatic rings. The Kier molecular flexibility index (Phi) is 5.59. The van der Waals surface area contributed by atoms with E-state index < -0.39 is 35.8 Å². The molecule has 2 fully saturated rings. The summed E-state index contributed by atoms with van der Waals surface area (Å²) in [5.41, 5.74) is -1.53. The van der Waals surface area contributed by atoms with E-state index in [9.17, 15) is 35.1 Å². The normalized spacial score (nSPS) is 30.2. The molecule has 2 saturated carbocycles. The highest BCUT2D eigenvalue weighted by Crippen LogP contribution is 2.33. The number of esters is 1. The van der Waals surface area contributed by atoms with Gasteiger partial charge in [0.25, 0.3) is 5.91 Å². The lowest BCUT2D eigenvalue weighted by molar-refractivity contribution is -0.187. The van der Waals surface area contributed by atoms with Crippen LogP contribution < -0.4 is 5.32 Å². The fourth-order valence-corrected chi connectivity index (χ4v) is 3.09. The predicted octanol–water partition coefficient (Wildman–Crippen LogP) is -0.452. The van der Waals surface area contributed by atoms with Crippen LogP contribution in [0.5, 0.6) is 11.5 Å². The van der Waals surface area contributed by atoms with Gasteiger partial charge in [-0.1, -0.05) is 6.07 Å². The van der Waals surface area contributed by atoms with Gasteiger partial charge in [-0.15, -0.1) is 0 Å². The van der Waals surface area contributed by atoms with Crippen molar-refractivity contribution in [2.24, 2.45) is 0 Å². The smallest absolute Gasteiger partial charge is 0.331 e. The summed E-state index contributed by atoms with van der Waals surface area (Å²) in [7, 11) is 0. The van der Waals surface area contributed by atoms with Crippen molar-refractivity contribution in [3.05, 3.63) is 29.8 Å². The number of aliphatic hydroxyl groups excluding tert-OH is 2. The second-order valence-electron chi connectivity index (χ2n) is 7.30. The van der Waals surface area contributed by atoms with Gasteiger partial charge < -0.3 is 35.6 Å². The Morgan fingerprint density at radius 1 is 1.14 bits per heavy atom. The van der Waals surface area contributed by atoms with Crippen molar-refractivity contribution in [3.8, 4) is 11.5 Å². The number of hydrogen-bond acceptors (Lipinski definition) is 8. The maximum absolute atomic E-state index is 12.3. The average Bonchev–Trinajstić information content (AvgIpc) is 3.44. The van der Waals surface area contributed by atoms with Gasteiger partial charge in [-0.25, -0.2) is 4.79 Å². The van der Waals surface area contributed by atoms with Gasteiger partial charge in [-0.2, -0.15) is 0 Å². The quantitative estimate of drug-likeness (QED) is 0.223. The first kappa shape index (κ1) is 20.1. The Morgan fingerprint density at radius 3 is 2.50 bits per heavy atom. The van der Waals surface area contributed by atoms with Crippen molar-refractivity contribution < 1.29 is 39.9 Å². The summed E-state index contributed by atoms with van der Waals surface area (Å²) in [6.07, 6.45) is -0.853. The molecular weight excluding hydrogens is 370 g/mol. The molecule has 0 heterocycles. The maximum Gasteiger partial charge on any atom is 0.331 e. The number of carbonyl (C=O) groups excluding carboxylic acids is 2. The van der Waals surface area contributed by atoms with E-state index in [1.165, 1.54) is 24.3 Å². The first-order chi connectivity index (χ1) is 13.2. The van der Waals surface area contributed by atoms with Gasteiger partial charge in [0, 0.05) is 25.0 Å². The zero-order chi connectivity index (χ0) is 20.5. The van der Waals surface area contributed by atoms with Crippen molar-refractivity contribution in [1.29, 1.82) is 0 Å². The summed E-state index contributed by atoms with van der Waals surface area (Å²) in [4.78, 5) is 24.3. The Labute approximate surface area is 160 Å². The number of aliphatic hydroxyl groups is 3. The van der Waals surface area contributed by atoms with Gasteiger partial charge in [-0.05, 0) is 36.6 Å². The van der Waals surface area contributed by atoms with Crippen molar-refractivity contribution in [2.75, 3.05) is 0 Å². The summed E-state index contributed by atoms with van der Waals surface area (Å²) in [6.45, 7) is 0. The number of rotatable bonds is 5. The van der Waals surface area contributed by atoms with Gasteiger partial charge in [0.1, 0.15) is 17.8 Å². The molecule has 0 bridgehead atoms. The predicted molar refractivity (Wildman–Crippen MR) is 96.0 cm³/mol. The molecule has 1 aromatic rings. The van der Waals surface area contributed by atoms with Crippen LogP contribution in [0.1, 0.15) is 31.2 Å². The number of hydrogen-bond donors (Lipinski definition) is 6. The van der Waals surface area contributed by atoms with Gasteiger partial charge in [0.2, 0.25) is 0 Å². The highest BCUT2D eigenvalue weighted by molar-refractivity contribution is 5.88. The minimum atomic E-state index is -1.95. The minimum absolute atomic E-state index is 0.00572. The zero-order valence-corrected chi connectivity index (χ0v) is 15.0. The molecule has 0 unspecified atom stereocenters. The van der Waals surface area contributed by atoms with E-state index >= 15 is 0 Å². The zero-order valence-electron chi connectivity index (χ0n) is 15.0. The molecular formula is C19H23NO8. The fourth-order valence-electron chi connectivity index (χ4n) is 3.09. The molecule has 28 heavy (non-hydrogen) atoms. The fraction of sp³-hybridized carbons (Fsp3) is 0.474. The monoisotopic (exact) mass is 393 g/mol. The maximum atomic E-state index is 12.3. The molecule has 9 nitrogen and oxygen atoms in total. The van der Waals surface area contributed by atoms with E-state index in [4.69, 9.17) is 4.74 Å². The molecule has 0 saturated heterocycles. The molecule has 152 valence electrons. The molecule has 0 spiro atoms. The summed E-state index contributed by atoms with van der Waals surface area (Å²) in [5, 5.41) is 52.1. The van der Waals surface area contributed by atoms with Crippen LogP contribution >= 0.6 is 0 Å². The van der Waals surface area contributed by atoms with Crippen LogP contribution in [0.3, 0.4) is 0 Å². The lowest BCUT2D eigenvalue weighted by Crippen LogP contribution is -2.60. The average molecular weight is 393 g/mol. The first-order valence-electron chi connectivity index (χ1n) is 8.98. The van der Waals surface area contributed by atoms with Crippen LogP contribution in [0, 0.1) is 0 Å². The third-order valence-electron chi connectivity index (χ3n) is 4.87. The van der Waals surface area contributed by atoms with Crippen LogP contribution in [-0.4, -0.2) is 67.4 Å². The third kappa shape index (κ3) is 4.61. The number of benzene rings is 1. The number of phenols is 2. The van der Waals surface area contributed by atoms with Gasteiger partial charge in [0.15, 0.2) is 11.5 Å². The van der Waals surface area contributed by atoms with Gasteiger partial charge >= 0.3 is 5.97 Å². The standard InChI is InChI=1S/C19H23NO8/c21-12-5-1-10(7-13(12)22)2-6-16(24)28-15-9-19(27,8-14(23)17(15)25)18(26)20-11-3-4-11/h1-2,5-7,11,14-15,17,21-23,25,27H,3-4,8-9H2,(H,20,26)/t14-,15-,17+,19-/m1/s1. The Bertz CT molecular complexity index is 790. The first-order valence-corrected chi connectivity index (χ1v) is 8.98. The molecule has 9 heteroatoms. The van der Waals surface area contributed by atoms with Crippen molar-refractivity contribution in [3.63, 3.8) is 0 Å². The molecule has 0 aromatic heterocycles. The molecule has 3 rings (SSSR count). The van der Waals surface area contributed by atoms with Crippen molar-refractivity contribution in [1.82, 2.24) is 5.32 Å². The largest absolute Gasteiger partial charge is 0.504 e. The molecule has 0 aliphatic heterocycles. The topological polar surface area (TPSA) is 157 Å². The van der Waals surface area contributed by atoms with Crippen LogP contribution in [0.2, 0.25) is 0 Å². The molecule has 1 aromatic carbocycles.